The van der Waals surface area contributed by atoms with Crippen molar-refractivity contribution >= 4 is 5.57 Å². The zero-order valence-electron chi connectivity index (χ0n) is 10.8. The predicted molar refractivity (Wildman–Crippen MR) is 80.6 cm³/mol. The SMILES string of the molecule is C1=CC2CC2C=C1c1ccccc1-c1ccccc1. The van der Waals surface area contributed by atoms with E-state index in [9.17, 15) is 0 Å². The maximum absolute atomic E-state index is 2.45. The van der Waals surface area contributed by atoms with E-state index >= 15 is 0 Å². The molecule has 1 saturated carbocycles. The fraction of sp³-hybridized carbons (Fsp3) is 0.158. The second-order valence-electron chi connectivity index (χ2n) is 5.46. The van der Waals surface area contributed by atoms with Crippen molar-refractivity contribution in [1.82, 2.24) is 0 Å². The van der Waals surface area contributed by atoms with Crippen molar-refractivity contribution in [3.63, 3.8) is 0 Å². The minimum absolute atomic E-state index is 0.795. The van der Waals surface area contributed by atoms with Gasteiger partial charge in [0, 0.05) is 0 Å². The van der Waals surface area contributed by atoms with E-state index in [1.54, 1.807) is 0 Å². The molecule has 2 atom stereocenters. The van der Waals surface area contributed by atoms with Gasteiger partial charge in [-0.05, 0) is 40.5 Å². The van der Waals surface area contributed by atoms with E-state index in [1.165, 1.54) is 28.7 Å². The topological polar surface area (TPSA) is 0 Å². The number of rotatable bonds is 2. The van der Waals surface area contributed by atoms with Crippen LogP contribution in [0.2, 0.25) is 0 Å². The zero-order chi connectivity index (χ0) is 12.7. The van der Waals surface area contributed by atoms with Gasteiger partial charge < -0.3 is 0 Å². The van der Waals surface area contributed by atoms with Gasteiger partial charge in [0.15, 0.2) is 0 Å². The monoisotopic (exact) mass is 244 g/mol. The Kier molecular flexibility index (Phi) is 2.41. The molecular formula is C19H16. The lowest BCUT2D eigenvalue weighted by atomic mass is 9.92. The van der Waals surface area contributed by atoms with Crippen LogP contribution in [0.1, 0.15) is 12.0 Å². The van der Waals surface area contributed by atoms with Crippen LogP contribution in [0.25, 0.3) is 16.7 Å². The molecule has 0 amide bonds. The van der Waals surface area contributed by atoms with E-state index in [-0.39, 0.29) is 0 Å². The van der Waals surface area contributed by atoms with E-state index in [2.05, 4.69) is 72.8 Å². The lowest BCUT2D eigenvalue weighted by Crippen LogP contribution is -1.91. The average molecular weight is 244 g/mol. The molecule has 0 heterocycles. The van der Waals surface area contributed by atoms with Gasteiger partial charge in [0.05, 0.1) is 0 Å². The Balaban J connectivity index is 1.83. The molecule has 1 fully saturated rings. The smallest absolute Gasteiger partial charge is 0.0106 e. The molecule has 0 aliphatic heterocycles. The Morgan fingerprint density at radius 2 is 1.47 bits per heavy atom. The van der Waals surface area contributed by atoms with Crippen LogP contribution in [0, 0.1) is 11.8 Å². The van der Waals surface area contributed by atoms with Crippen molar-refractivity contribution in [2.75, 3.05) is 0 Å². The third kappa shape index (κ3) is 1.94. The molecule has 2 aliphatic carbocycles. The minimum Gasteiger partial charge on any atom is -0.0802 e. The molecular weight excluding hydrogens is 228 g/mol. The van der Waals surface area contributed by atoms with Gasteiger partial charge in [-0.25, -0.2) is 0 Å². The molecule has 92 valence electrons. The first kappa shape index (κ1) is 10.8. The Hall–Kier alpha value is -2.08. The predicted octanol–water partition coefficient (Wildman–Crippen LogP) is 4.94. The molecule has 0 heteroatoms. The Bertz CT molecular complexity index is 661. The summed E-state index contributed by atoms with van der Waals surface area (Å²) in [5.74, 6) is 1.62. The molecule has 2 aromatic rings. The first-order chi connectivity index (χ1) is 9.42. The number of hydrogen-bond acceptors (Lipinski definition) is 0. The molecule has 2 unspecified atom stereocenters. The van der Waals surface area contributed by atoms with Crippen molar-refractivity contribution in [3.8, 4) is 11.1 Å². The average Bonchev–Trinajstić information content (AvgIpc) is 3.26. The van der Waals surface area contributed by atoms with Crippen LogP contribution in [-0.2, 0) is 0 Å². The maximum Gasteiger partial charge on any atom is -0.0106 e. The molecule has 0 N–H and O–H groups in total. The molecule has 0 bridgehead atoms. The van der Waals surface area contributed by atoms with E-state index in [4.69, 9.17) is 0 Å². The van der Waals surface area contributed by atoms with Gasteiger partial charge in [-0.3, -0.25) is 0 Å². The molecule has 0 spiro atoms. The first-order valence-corrected chi connectivity index (χ1v) is 6.97. The highest BCUT2D eigenvalue weighted by atomic mass is 14.4. The standard InChI is InChI=1S/C19H16/c1-2-6-14(7-3-1)18-8-4-5-9-19(18)16-11-10-15-12-17(15)13-16/h1-11,13,15,17H,12H2. The van der Waals surface area contributed by atoms with Crippen LogP contribution in [-0.4, -0.2) is 0 Å². The van der Waals surface area contributed by atoms with Crippen molar-refractivity contribution in [2.24, 2.45) is 11.8 Å². The number of benzene rings is 2. The van der Waals surface area contributed by atoms with Gasteiger partial charge in [-0.1, -0.05) is 72.8 Å². The Morgan fingerprint density at radius 3 is 2.26 bits per heavy atom. The molecule has 0 radical (unpaired) electrons. The molecule has 4 rings (SSSR count). The van der Waals surface area contributed by atoms with Crippen LogP contribution in [0.5, 0.6) is 0 Å². The molecule has 2 aromatic carbocycles. The van der Waals surface area contributed by atoms with E-state index < -0.39 is 0 Å². The van der Waals surface area contributed by atoms with Gasteiger partial charge in [0.2, 0.25) is 0 Å². The van der Waals surface area contributed by atoms with Crippen molar-refractivity contribution in [1.29, 1.82) is 0 Å². The summed E-state index contributed by atoms with van der Waals surface area (Å²) in [6, 6.07) is 19.4. The highest BCUT2D eigenvalue weighted by Gasteiger charge is 2.35. The summed E-state index contributed by atoms with van der Waals surface area (Å²) in [4.78, 5) is 0. The van der Waals surface area contributed by atoms with Crippen LogP contribution >= 0.6 is 0 Å². The third-order valence-corrected chi connectivity index (χ3v) is 4.13. The molecule has 2 aliphatic rings. The van der Waals surface area contributed by atoms with Crippen molar-refractivity contribution in [2.45, 2.75) is 6.42 Å². The van der Waals surface area contributed by atoms with Crippen LogP contribution in [0.3, 0.4) is 0 Å². The Morgan fingerprint density at radius 1 is 0.737 bits per heavy atom. The lowest BCUT2D eigenvalue weighted by Gasteiger charge is -2.12. The van der Waals surface area contributed by atoms with Crippen LogP contribution < -0.4 is 0 Å². The van der Waals surface area contributed by atoms with Gasteiger partial charge in [0.25, 0.3) is 0 Å². The summed E-state index contributed by atoms with van der Waals surface area (Å²) >= 11 is 0. The maximum atomic E-state index is 2.45. The zero-order valence-corrected chi connectivity index (χ0v) is 10.8. The van der Waals surface area contributed by atoms with E-state index in [1.807, 2.05) is 0 Å². The molecule has 0 saturated heterocycles. The lowest BCUT2D eigenvalue weighted by molar-refractivity contribution is 0.985. The quantitative estimate of drug-likeness (QED) is 0.701. The summed E-state index contributed by atoms with van der Waals surface area (Å²) in [5.41, 5.74) is 5.37. The summed E-state index contributed by atoms with van der Waals surface area (Å²) in [5, 5.41) is 0. The van der Waals surface area contributed by atoms with Crippen molar-refractivity contribution in [3.05, 3.63) is 78.4 Å². The highest BCUT2D eigenvalue weighted by molar-refractivity contribution is 5.86. The number of allylic oxidation sites excluding steroid dienone is 4. The van der Waals surface area contributed by atoms with Gasteiger partial charge in [-0.15, -0.1) is 0 Å². The fourth-order valence-corrected chi connectivity index (χ4v) is 2.95. The molecule has 19 heavy (non-hydrogen) atoms. The van der Waals surface area contributed by atoms with E-state index in [0.29, 0.717) is 0 Å². The summed E-state index contributed by atoms with van der Waals surface area (Å²) in [6.45, 7) is 0. The van der Waals surface area contributed by atoms with Gasteiger partial charge in [0.1, 0.15) is 0 Å². The number of hydrogen-bond donors (Lipinski definition) is 0. The van der Waals surface area contributed by atoms with Crippen LogP contribution in [0.4, 0.5) is 0 Å². The van der Waals surface area contributed by atoms with E-state index in [0.717, 1.165) is 11.8 Å². The first-order valence-electron chi connectivity index (χ1n) is 6.97. The molecule has 0 nitrogen and oxygen atoms in total. The van der Waals surface area contributed by atoms with Crippen LogP contribution in [0.15, 0.2) is 72.8 Å². The Labute approximate surface area is 114 Å². The second kappa shape index (κ2) is 4.24. The number of fused-ring (bicyclic) bond motifs is 1. The minimum atomic E-state index is 0.795. The van der Waals surface area contributed by atoms with Crippen molar-refractivity contribution < 1.29 is 0 Å². The fourth-order valence-electron chi connectivity index (χ4n) is 2.95. The van der Waals surface area contributed by atoms with Gasteiger partial charge in [-0.2, -0.15) is 0 Å². The summed E-state index contributed by atoms with van der Waals surface area (Å²) < 4.78 is 0. The third-order valence-electron chi connectivity index (χ3n) is 4.13. The summed E-state index contributed by atoms with van der Waals surface area (Å²) in [7, 11) is 0. The largest absolute Gasteiger partial charge is 0.0802 e. The molecule has 0 aromatic heterocycles. The normalized spacial score (nSPS) is 23.7. The highest BCUT2D eigenvalue weighted by Crippen LogP contribution is 2.46. The summed E-state index contributed by atoms with van der Waals surface area (Å²) in [6.07, 6.45) is 8.47. The second-order valence-corrected chi connectivity index (χ2v) is 5.46. The van der Waals surface area contributed by atoms with Gasteiger partial charge >= 0.3 is 0 Å².